The number of thiazole rings is 1. The van der Waals surface area contributed by atoms with Crippen molar-refractivity contribution in [3.05, 3.63) is 23.5 Å². The molecule has 1 saturated heterocycles. The van der Waals surface area contributed by atoms with E-state index in [1.807, 2.05) is 18.5 Å². The van der Waals surface area contributed by atoms with Gasteiger partial charge in [0.2, 0.25) is 0 Å². The molecule has 1 amide bonds. The quantitative estimate of drug-likeness (QED) is 0.940. The number of aromatic nitrogens is 2. The normalized spacial score (nSPS) is 17.8. The monoisotopic (exact) mass is 322 g/mol. The maximum atomic E-state index is 11.7. The molecule has 0 bridgehead atoms. The molecule has 3 heterocycles. The topological polar surface area (TPSA) is 58.9 Å². The highest BCUT2D eigenvalue weighted by Gasteiger charge is 2.25. The number of rotatable bonds is 4. The van der Waals surface area contributed by atoms with Gasteiger partial charge >= 0.3 is 6.09 Å². The molecule has 3 rings (SSSR count). The minimum absolute atomic E-state index is 0.191. The molecule has 1 N–H and O–H groups in total. The molecular formula is C15H22N4O2S. The van der Waals surface area contributed by atoms with Crippen LogP contribution in [-0.2, 0) is 4.74 Å². The van der Waals surface area contributed by atoms with E-state index in [9.17, 15) is 4.79 Å². The Morgan fingerprint density at radius 2 is 2.32 bits per heavy atom. The lowest BCUT2D eigenvalue weighted by atomic mass is 10.0. The SMILES string of the molecule is CCOC(=O)N1CCC(N[C@@H](C)c2cn3ccsc3n2)CC1. The summed E-state index contributed by atoms with van der Waals surface area (Å²) in [6, 6.07) is 0.631. The minimum Gasteiger partial charge on any atom is -0.450 e. The van der Waals surface area contributed by atoms with Gasteiger partial charge in [0.15, 0.2) is 4.96 Å². The number of likely N-dealkylation sites (tertiary alicyclic amines) is 1. The smallest absolute Gasteiger partial charge is 0.409 e. The highest BCUT2D eigenvalue weighted by molar-refractivity contribution is 7.15. The Morgan fingerprint density at radius 3 is 3.00 bits per heavy atom. The maximum Gasteiger partial charge on any atom is 0.409 e. The summed E-state index contributed by atoms with van der Waals surface area (Å²) < 4.78 is 7.10. The van der Waals surface area contributed by atoms with E-state index in [2.05, 4.69) is 27.8 Å². The van der Waals surface area contributed by atoms with Crippen LogP contribution in [0.25, 0.3) is 4.96 Å². The molecule has 0 saturated carbocycles. The molecule has 1 aliphatic rings. The van der Waals surface area contributed by atoms with Crippen molar-refractivity contribution in [3.63, 3.8) is 0 Å². The van der Waals surface area contributed by atoms with Crippen molar-refractivity contribution >= 4 is 22.4 Å². The van der Waals surface area contributed by atoms with Crippen LogP contribution in [-0.4, -0.2) is 46.1 Å². The van der Waals surface area contributed by atoms with Gasteiger partial charge in [-0.15, -0.1) is 11.3 Å². The van der Waals surface area contributed by atoms with Crippen LogP contribution in [0.15, 0.2) is 17.8 Å². The number of piperidine rings is 1. The van der Waals surface area contributed by atoms with Crippen LogP contribution in [0.5, 0.6) is 0 Å². The van der Waals surface area contributed by atoms with Crippen molar-refractivity contribution in [3.8, 4) is 0 Å². The van der Waals surface area contributed by atoms with Gasteiger partial charge in [0, 0.05) is 42.9 Å². The lowest BCUT2D eigenvalue weighted by Crippen LogP contribution is -2.45. The number of ether oxygens (including phenoxy) is 1. The molecule has 22 heavy (non-hydrogen) atoms. The first-order valence-corrected chi connectivity index (χ1v) is 8.65. The van der Waals surface area contributed by atoms with Gasteiger partial charge in [-0.2, -0.15) is 0 Å². The Kier molecular flexibility index (Phi) is 4.63. The number of nitrogens with zero attached hydrogens (tertiary/aromatic N) is 3. The molecule has 0 aromatic carbocycles. The lowest BCUT2D eigenvalue weighted by molar-refractivity contribution is 0.0943. The second-order valence-electron chi connectivity index (χ2n) is 5.61. The van der Waals surface area contributed by atoms with Gasteiger partial charge in [-0.05, 0) is 26.7 Å². The van der Waals surface area contributed by atoms with Crippen LogP contribution in [0.4, 0.5) is 4.79 Å². The second-order valence-corrected chi connectivity index (χ2v) is 6.48. The van der Waals surface area contributed by atoms with Crippen LogP contribution in [0, 0.1) is 0 Å². The predicted octanol–water partition coefficient (Wildman–Crippen LogP) is 2.67. The molecule has 0 radical (unpaired) electrons. The third kappa shape index (κ3) is 3.25. The number of amides is 1. The Balaban J connectivity index is 1.52. The van der Waals surface area contributed by atoms with Gasteiger partial charge in [0.1, 0.15) is 0 Å². The number of hydrogen-bond donors (Lipinski definition) is 1. The average Bonchev–Trinajstić information content (AvgIpc) is 3.09. The molecular weight excluding hydrogens is 300 g/mol. The fraction of sp³-hybridized carbons (Fsp3) is 0.600. The highest BCUT2D eigenvalue weighted by Crippen LogP contribution is 2.19. The number of imidazole rings is 1. The fourth-order valence-corrected chi connectivity index (χ4v) is 3.54. The van der Waals surface area contributed by atoms with E-state index >= 15 is 0 Å². The Hall–Kier alpha value is -1.60. The van der Waals surface area contributed by atoms with Gasteiger partial charge < -0.3 is 15.0 Å². The molecule has 120 valence electrons. The summed E-state index contributed by atoms with van der Waals surface area (Å²) in [6.45, 7) is 5.92. The first-order chi connectivity index (χ1) is 10.7. The number of fused-ring (bicyclic) bond motifs is 1. The number of carbonyl (C=O) groups excluding carboxylic acids is 1. The fourth-order valence-electron chi connectivity index (χ4n) is 2.84. The number of hydrogen-bond acceptors (Lipinski definition) is 5. The van der Waals surface area contributed by atoms with Crippen LogP contribution in [0.2, 0.25) is 0 Å². The van der Waals surface area contributed by atoms with E-state index in [1.54, 1.807) is 16.2 Å². The lowest BCUT2D eigenvalue weighted by Gasteiger charge is -2.33. The first kappa shape index (κ1) is 15.3. The van der Waals surface area contributed by atoms with Crippen LogP contribution in [0.3, 0.4) is 0 Å². The maximum absolute atomic E-state index is 11.7. The van der Waals surface area contributed by atoms with Crippen LogP contribution >= 0.6 is 11.3 Å². The first-order valence-electron chi connectivity index (χ1n) is 7.77. The van der Waals surface area contributed by atoms with E-state index in [4.69, 9.17) is 4.74 Å². The summed E-state index contributed by atoms with van der Waals surface area (Å²) in [4.78, 5) is 19.1. The summed E-state index contributed by atoms with van der Waals surface area (Å²) >= 11 is 1.65. The van der Waals surface area contributed by atoms with Crippen LogP contribution < -0.4 is 5.32 Å². The van der Waals surface area contributed by atoms with Crippen molar-refractivity contribution in [1.82, 2.24) is 19.6 Å². The minimum atomic E-state index is -0.191. The van der Waals surface area contributed by atoms with Gasteiger partial charge in [-0.25, -0.2) is 9.78 Å². The molecule has 1 fully saturated rings. The van der Waals surface area contributed by atoms with E-state index in [1.165, 1.54) is 0 Å². The average molecular weight is 322 g/mol. The van der Waals surface area contributed by atoms with Crippen molar-refractivity contribution in [1.29, 1.82) is 0 Å². The van der Waals surface area contributed by atoms with Gasteiger partial charge in [0.25, 0.3) is 0 Å². The standard InChI is InChI=1S/C15H22N4O2S/c1-3-21-15(20)18-6-4-12(5-7-18)16-11(2)13-10-19-8-9-22-14(19)17-13/h8-12,16H,3-7H2,1-2H3/t11-/m0/s1. The van der Waals surface area contributed by atoms with Crippen molar-refractivity contribution in [2.75, 3.05) is 19.7 Å². The zero-order valence-electron chi connectivity index (χ0n) is 13.0. The number of nitrogens with one attached hydrogen (secondary N) is 1. The molecule has 1 aliphatic heterocycles. The van der Waals surface area contributed by atoms with Gasteiger partial charge in [-0.1, -0.05) is 0 Å². The van der Waals surface area contributed by atoms with E-state index in [0.717, 1.165) is 36.6 Å². The molecule has 7 heteroatoms. The van der Waals surface area contributed by atoms with Crippen molar-refractivity contribution in [2.24, 2.45) is 0 Å². The zero-order valence-corrected chi connectivity index (χ0v) is 13.8. The molecule has 0 spiro atoms. The van der Waals surface area contributed by atoms with E-state index < -0.39 is 0 Å². The Morgan fingerprint density at radius 1 is 1.55 bits per heavy atom. The highest BCUT2D eigenvalue weighted by atomic mass is 32.1. The Bertz CT molecular complexity index is 602. The third-order valence-corrected chi connectivity index (χ3v) is 4.83. The third-order valence-electron chi connectivity index (χ3n) is 4.06. The molecule has 1 atom stereocenters. The van der Waals surface area contributed by atoms with Crippen molar-refractivity contribution < 1.29 is 9.53 Å². The molecule has 0 unspecified atom stereocenters. The molecule has 2 aromatic heterocycles. The van der Waals surface area contributed by atoms with Gasteiger partial charge in [0.05, 0.1) is 12.3 Å². The summed E-state index contributed by atoms with van der Waals surface area (Å²) in [5.41, 5.74) is 1.07. The largest absolute Gasteiger partial charge is 0.450 e. The van der Waals surface area contributed by atoms with Gasteiger partial charge in [-0.3, -0.25) is 4.40 Å². The van der Waals surface area contributed by atoms with Crippen LogP contribution in [0.1, 0.15) is 38.4 Å². The van der Waals surface area contributed by atoms with E-state index in [-0.39, 0.29) is 12.1 Å². The Labute approximate surface area is 134 Å². The summed E-state index contributed by atoms with van der Waals surface area (Å²) in [5, 5.41) is 5.66. The summed E-state index contributed by atoms with van der Waals surface area (Å²) in [5.74, 6) is 0. The number of carbonyl (C=O) groups is 1. The van der Waals surface area contributed by atoms with E-state index in [0.29, 0.717) is 12.6 Å². The molecule has 6 nitrogen and oxygen atoms in total. The predicted molar refractivity (Wildman–Crippen MR) is 86.2 cm³/mol. The summed E-state index contributed by atoms with van der Waals surface area (Å²) in [6.07, 6.45) is 5.82. The second kappa shape index (κ2) is 6.66. The molecule has 0 aliphatic carbocycles. The van der Waals surface area contributed by atoms with Crippen molar-refractivity contribution in [2.45, 2.75) is 38.8 Å². The molecule has 2 aromatic rings. The zero-order chi connectivity index (χ0) is 15.5. The summed E-state index contributed by atoms with van der Waals surface area (Å²) in [7, 11) is 0.